The molecule has 2 N–H and O–H groups in total. The first-order valence-electron chi connectivity index (χ1n) is 12.3. The van der Waals surface area contributed by atoms with E-state index in [0.717, 1.165) is 58.6 Å². The minimum absolute atomic E-state index is 0.0404. The number of hydrogen-bond acceptors (Lipinski definition) is 5. The molecule has 0 bridgehead atoms. The molecule has 7 heteroatoms. The van der Waals surface area contributed by atoms with E-state index in [0.29, 0.717) is 29.7 Å². The molecule has 6 nitrogen and oxygen atoms in total. The summed E-state index contributed by atoms with van der Waals surface area (Å²) in [5, 5.41) is 14.4. The van der Waals surface area contributed by atoms with Crippen LogP contribution < -0.4 is 10.2 Å². The predicted molar refractivity (Wildman–Crippen MR) is 147 cm³/mol. The zero-order chi connectivity index (χ0) is 25.4. The molecule has 1 saturated heterocycles. The van der Waals surface area contributed by atoms with E-state index in [1.54, 1.807) is 18.5 Å². The van der Waals surface area contributed by atoms with Gasteiger partial charge in [0.1, 0.15) is 5.75 Å². The van der Waals surface area contributed by atoms with Crippen LogP contribution in [0.3, 0.4) is 0 Å². The molecule has 0 spiro atoms. The van der Waals surface area contributed by atoms with E-state index in [2.05, 4.69) is 11.4 Å². The second kappa shape index (κ2) is 9.96. The van der Waals surface area contributed by atoms with Crippen LogP contribution in [0.15, 0.2) is 53.5 Å². The summed E-state index contributed by atoms with van der Waals surface area (Å²) in [5.41, 5.74) is 6.87. The van der Waals surface area contributed by atoms with Crippen molar-refractivity contribution in [1.82, 2.24) is 10.2 Å². The molecule has 2 aliphatic rings. The number of nitrogens with zero attached hydrogens (tertiary/aromatic N) is 3. The van der Waals surface area contributed by atoms with Crippen LogP contribution in [0.4, 0.5) is 11.4 Å². The number of phenolic OH excluding ortho intramolecular Hbond substituents is 1. The summed E-state index contributed by atoms with van der Waals surface area (Å²) >= 11 is 6.35. The Morgan fingerprint density at radius 2 is 2.06 bits per heavy atom. The van der Waals surface area contributed by atoms with Gasteiger partial charge in [-0.3, -0.25) is 4.79 Å². The number of benzene rings is 3. The van der Waals surface area contributed by atoms with E-state index >= 15 is 0 Å². The van der Waals surface area contributed by atoms with Gasteiger partial charge in [-0.15, -0.1) is 0 Å². The maximum absolute atomic E-state index is 14.1. The fourth-order valence-electron chi connectivity index (χ4n) is 5.29. The molecule has 3 aromatic carbocycles. The molecule has 5 rings (SSSR count). The van der Waals surface area contributed by atoms with Crippen LogP contribution in [-0.4, -0.2) is 48.4 Å². The van der Waals surface area contributed by atoms with Gasteiger partial charge in [0, 0.05) is 35.9 Å². The lowest BCUT2D eigenvalue weighted by atomic mass is 9.88. The lowest BCUT2D eigenvalue weighted by Gasteiger charge is -2.30. The Kier molecular flexibility index (Phi) is 6.73. The van der Waals surface area contributed by atoms with Crippen molar-refractivity contribution in [3.63, 3.8) is 0 Å². The summed E-state index contributed by atoms with van der Waals surface area (Å²) in [4.78, 5) is 22.7. The van der Waals surface area contributed by atoms with E-state index < -0.39 is 0 Å². The number of anilines is 1. The molecule has 1 amide bonds. The van der Waals surface area contributed by atoms with Crippen LogP contribution >= 0.6 is 11.6 Å². The number of nitrogens with one attached hydrogen (secondary N) is 1. The topological polar surface area (TPSA) is 68.2 Å². The van der Waals surface area contributed by atoms with Crippen molar-refractivity contribution in [1.29, 1.82) is 0 Å². The Balaban J connectivity index is 1.63. The van der Waals surface area contributed by atoms with Crippen molar-refractivity contribution < 1.29 is 9.90 Å². The number of likely N-dealkylation sites (N-methyl/N-ethyl adjacent to an activating group) is 1. The number of aryl methyl sites for hydroxylation is 2. The minimum Gasteiger partial charge on any atom is -0.508 e. The highest BCUT2D eigenvalue weighted by atomic mass is 35.5. The number of rotatable bonds is 5. The van der Waals surface area contributed by atoms with Crippen molar-refractivity contribution >= 4 is 35.2 Å². The average molecular weight is 503 g/mol. The maximum Gasteiger partial charge on any atom is 0.254 e. The van der Waals surface area contributed by atoms with Crippen molar-refractivity contribution in [3.05, 3.63) is 75.8 Å². The molecule has 2 heterocycles. The monoisotopic (exact) mass is 502 g/mol. The fourth-order valence-corrected chi connectivity index (χ4v) is 5.57. The van der Waals surface area contributed by atoms with Crippen molar-refractivity contribution in [2.24, 2.45) is 4.99 Å². The third kappa shape index (κ3) is 4.84. The van der Waals surface area contributed by atoms with Gasteiger partial charge in [-0.05, 0) is 91.9 Å². The zero-order valence-electron chi connectivity index (χ0n) is 20.9. The van der Waals surface area contributed by atoms with Crippen LogP contribution in [0.1, 0.15) is 39.9 Å². The number of aliphatic imine (C=N–C) groups is 1. The summed E-state index contributed by atoms with van der Waals surface area (Å²) in [6.45, 7) is 6.12. The molecule has 186 valence electrons. The lowest BCUT2D eigenvalue weighted by molar-refractivity contribution is 0.0783. The molecule has 3 aromatic rings. The van der Waals surface area contributed by atoms with Gasteiger partial charge in [0.05, 0.1) is 24.1 Å². The minimum atomic E-state index is -0.0404. The quantitative estimate of drug-likeness (QED) is 0.460. The first-order chi connectivity index (χ1) is 17.3. The zero-order valence-corrected chi connectivity index (χ0v) is 21.6. The lowest BCUT2D eigenvalue weighted by Crippen LogP contribution is -2.39. The molecule has 1 fully saturated rings. The SMILES string of the molecule is Cc1cc(Cl)cc(N2C=Nc3cc(C)c(-c4cccc(O)c4)c(C(=O)N(C)C[C@@H]4CCCN4)c3C2)c1. The molecule has 0 unspecified atom stereocenters. The molecule has 1 atom stereocenters. The van der Waals surface area contributed by atoms with Crippen LogP contribution in [-0.2, 0) is 6.54 Å². The maximum atomic E-state index is 14.1. The van der Waals surface area contributed by atoms with E-state index in [4.69, 9.17) is 16.6 Å². The predicted octanol–water partition coefficient (Wildman–Crippen LogP) is 5.83. The molecular formula is C29H31ClN4O2. The third-order valence-electron chi connectivity index (χ3n) is 6.98. The number of carbonyl (C=O) groups excluding carboxylic acids is 1. The van der Waals surface area contributed by atoms with Crippen molar-refractivity contribution in [3.8, 4) is 16.9 Å². The first kappa shape index (κ1) is 24.3. The molecular weight excluding hydrogens is 472 g/mol. The number of halogens is 1. The average Bonchev–Trinajstić information content (AvgIpc) is 3.35. The van der Waals surface area contributed by atoms with Crippen LogP contribution in [0.5, 0.6) is 5.75 Å². The molecule has 0 saturated carbocycles. The number of fused-ring (bicyclic) bond motifs is 1. The van der Waals surface area contributed by atoms with Crippen molar-refractivity contribution in [2.75, 3.05) is 25.0 Å². The Hall–Kier alpha value is -3.35. The number of aromatic hydroxyl groups is 1. The smallest absolute Gasteiger partial charge is 0.254 e. The summed E-state index contributed by atoms with van der Waals surface area (Å²) in [6.07, 6.45) is 4.00. The standard InChI is InChI=1S/C29H31ClN4O2/c1-18-10-21(30)14-23(11-18)34-16-25-26(32-17-34)12-19(2)27(20-6-4-8-24(35)13-20)28(25)29(36)33(3)15-22-7-5-9-31-22/h4,6,8,10-14,17,22,31,35H,5,7,9,15-16H2,1-3H3/t22-/m0/s1. The number of hydrogen-bond donors (Lipinski definition) is 2. The summed E-state index contributed by atoms with van der Waals surface area (Å²) in [5.74, 6) is 0.127. The van der Waals surface area contributed by atoms with Crippen LogP contribution in [0.2, 0.25) is 5.02 Å². The second-order valence-corrected chi connectivity index (χ2v) is 10.3. The Bertz CT molecular complexity index is 1330. The second-order valence-electron chi connectivity index (χ2n) is 9.83. The Morgan fingerprint density at radius 3 is 2.78 bits per heavy atom. The fraction of sp³-hybridized carbons (Fsp3) is 0.310. The Morgan fingerprint density at radius 1 is 1.22 bits per heavy atom. The van der Waals surface area contributed by atoms with Crippen LogP contribution in [0, 0.1) is 13.8 Å². The van der Waals surface area contributed by atoms with Gasteiger partial charge in [-0.1, -0.05) is 23.7 Å². The van der Waals surface area contributed by atoms with Gasteiger partial charge in [-0.2, -0.15) is 0 Å². The van der Waals surface area contributed by atoms with Gasteiger partial charge < -0.3 is 20.2 Å². The van der Waals surface area contributed by atoms with E-state index in [-0.39, 0.29) is 11.7 Å². The van der Waals surface area contributed by atoms with Gasteiger partial charge in [0.15, 0.2) is 0 Å². The van der Waals surface area contributed by atoms with Gasteiger partial charge in [0.2, 0.25) is 0 Å². The molecule has 36 heavy (non-hydrogen) atoms. The molecule has 0 radical (unpaired) electrons. The van der Waals surface area contributed by atoms with Gasteiger partial charge in [-0.25, -0.2) is 4.99 Å². The summed E-state index contributed by atoms with van der Waals surface area (Å²) in [7, 11) is 1.87. The van der Waals surface area contributed by atoms with Gasteiger partial charge in [0.25, 0.3) is 5.91 Å². The highest BCUT2D eigenvalue weighted by molar-refractivity contribution is 6.31. The first-order valence-corrected chi connectivity index (χ1v) is 12.7. The highest BCUT2D eigenvalue weighted by Gasteiger charge is 2.29. The third-order valence-corrected chi connectivity index (χ3v) is 7.20. The van der Waals surface area contributed by atoms with Gasteiger partial charge >= 0.3 is 0 Å². The number of carbonyl (C=O) groups is 1. The molecule has 0 aliphatic carbocycles. The van der Waals surface area contributed by atoms with E-state index in [1.165, 1.54) is 0 Å². The van der Waals surface area contributed by atoms with Crippen molar-refractivity contribution in [2.45, 2.75) is 39.3 Å². The number of amides is 1. The largest absolute Gasteiger partial charge is 0.508 e. The van der Waals surface area contributed by atoms with E-state index in [1.807, 2.05) is 61.0 Å². The Labute approximate surface area is 217 Å². The molecule has 2 aliphatic heterocycles. The summed E-state index contributed by atoms with van der Waals surface area (Å²) < 4.78 is 0. The molecule has 0 aromatic heterocycles. The number of phenols is 1. The normalized spacial score (nSPS) is 16.8. The van der Waals surface area contributed by atoms with E-state index in [9.17, 15) is 9.90 Å². The highest BCUT2D eigenvalue weighted by Crippen LogP contribution is 2.40. The summed E-state index contributed by atoms with van der Waals surface area (Å²) in [6, 6.07) is 15.3. The van der Waals surface area contributed by atoms with Crippen LogP contribution in [0.25, 0.3) is 11.1 Å².